The van der Waals surface area contributed by atoms with Crippen molar-refractivity contribution in [3.05, 3.63) is 71.3 Å². The molecule has 0 aliphatic heterocycles. The largest absolute Gasteiger partial charge is 0.294 e. The summed E-state index contributed by atoms with van der Waals surface area (Å²) in [4.78, 5) is 3.89. The molecule has 2 aromatic carbocycles. The van der Waals surface area contributed by atoms with Crippen LogP contribution >= 0.6 is 12.0 Å². The lowest BCUT2D eigenvalue weighted by Gasteiger charge is -2.06. The number of H-pyrrole nitrogens is 1. The molecule has 17 heteroatoms. The van der Waals surface area contributed by atoms with E-state index in [2.05, 4.69) is 44.8 Å². The second-order valence-electron chi connectivity index (χ2n) is 8.96. The Hall–Kier alpha value is -4.44. The summed E-state index contributed by atoms with van der Waals surface area (Å²) in [6.45, 7) is 13.4. The molecule has 15 nitrogen and oxygen atoms in total. The van der Waals surface area contributed by atoms with Crippen molar-refractivity contribution in [1.29, 1.82) is 0 Å². The molecule has 0 fully saturated rings. The third kappa shape index (κ3) is 5.47. The topological polar surface area (TPSA) is 186 Å². The molecular weight excluding hydrogens is 574 g/mol. The van der Waals surface area contributed by atoms with E-state index in [1.807, 2.05) is 32.9 Å². The molecule has 0 radical (unpaired) electrons. The van der Waals surface area contributed by atoms with Gasteiger partial charge < -0.3 is 0 Å². The van der Waals surface area contributed by atoms with Gasteiger partial charge in [-0.25, -0.2) is 19.3 Å². The normalized spacial score (nSPS) is 12.1. The lowest BCUT2D eigenvalue weighted by atomic mass is 10.1. The molecule has 0 saturated heterocycles. The van der Waals surface area contributed by atoms with E-state index < -0.39 is 10.1 Å². The van der Waals surface area contributed by atoms with Gasteiger partial charge in [-0.15, -0.1) is 24.8 Å². The van der Waals surface area contributed by atoms with Gasteiger partial charge in [0.25, 0.3) is 15.8 Å². The van der Waals surface area contributed by atoms with E-state index in [-0.39, 0.29) is 22.3 Å². The van der Waals surface area contributed by atoms with E-state index in [0.717, 1.165) is 28.9 Å². The molecule has 0 spiro atoms. The molecule has 0 saturated carbocycles. The number of fused-ring (bicyclic) bond motifs is 1. The highest BCUT2D eigenvalue weighted by molar-refractivity contribution is 7.94. The van der Waals surface area contributed by atoms with Gasteiger partial charge in [-0.05, 0) is 60.9 Å². The highest BCUT2D eigenvalue weighted by Crippen LogP contribution is 2.37. The SMILES string of the molecule is [C-]#[N+]c1cnn(-c2ccc(S(=O)(=O)O)cc2)c1N=Nc1c(C(C)C)[nH]n2c(-c3ccc(SOOO)cc3C)nnc12. The van der Waals surface area contributed by atoms with Gasteiger partial charge in [0.2, 0.25) is 5.65 Å². The number of hydrogen-bond acceptors (Lipinski definition) is 11. The van der Waals surface area contributed by atoms with Crippen LogP contribution in [-0.4, -0.2) is 47.8 Å². The highest BCUT2D eigenvalue weighted by Gasteiger charge is 2.22. The van der Waals surface area contributed by atoms with Gasteiger partial charge in [-0.1, -0.05) is 18.9 Å². The predicted octanol–water partition coefficient (Wildman–Crippen LogP) is 5.98. The summed E-state index contributed by atoms with van der Waals surface area (Å²) in [5.74, 6) is 0.640. The Morgan fingerprint density at radius 1 is 1.15 bits per heavy atom. The smallest absolute Gasteiger partial charge is 0.292 e. The molecule has 41 heavy (non-hydrogen) atoms. The van der Waals surface area contributed by atoms with Gasteiger partial charge in [-0.2, -0.15) is 13.5 Å². The second kappa shape index (κ2) is 11.2. The minimum absolute atomic E-state index is 0.00720. The van der Waals surface area contributed by atoms with Crippen LogP contribution in [0.25, 0.3) is 27.6 Å². The van der Waals surface area contributed by atoms with Crippen molar-refractivity contribution in [1.82, 2.24) is 29.6 Å². The number of aryl methyl sites for hydroxylation is 1. The quantitative estimate of drug-likeness (QED) is 0.0457. The number of azo groups is 1. The summed E-state index contributed by atoms with van der Waals surface area (Å²) in [6, 6.07) is 10.7. The average molecular weight is 596 g/mol. The van der Waals surface area contributed by atoms with Crippen LogP contribution in [0.5, 0.6) is 0 Å². The Morgan fingerprint density at radius 3 is 2.54 bits per heavy atom. The van der Waals surface area contributed by atoms with Crippen LogP contribution in [0, 0.1) is 13.5 Å². The minimum atomic E-state index is -4.37. The first kappa shape index (κ1) is 28.1. The second-order valence-corrected chi connectivity index (χ2v) is 11.2. The molecule has 3 heterocycles. The maximum absolute atomic E-state index is 11.4. The van der Waals surface area contributed by atoms with Crippen molar-refractivity contribution in [2.45, 2.75) is 36.5 Å². The van der Waals surface area contributed by atoms with Crippen LogP contribution in [0.15, 0.2) is 68.7 Å². The maximum Gasteiger partial charge on any atom is 0.294 e. The summed E-state index contributed by atoms with van der Waals surface area (Å²) < 4.78 is 39.6. The number of benzene rings is 2. The van der Waals surface area contributed by atoms with Gasteiger partial charge in [0.05, 0.1) is 41.1 Å². The van der Waals surface area contributed by atoms with Crippen LogP contribution in [0.3, 0.4) is 0 Å². The Balaban J connectivity index is 1.56. The number of nitrogens with one attached hydrogen (secondary N) is 1. The Morgan fingerprint density at radius 2 is 1.90 bits per heavy atom. The van der Waals surface area contributed by atoms with Gasteiger partial charge >= 0.3 is 0 Å². The number of aromatic nitrogens is 6. The van der Waals surface area contributed by atoms with Crippen molar-refractivity contribution >= 4 is 45.0 Å². The van der Waals surface area contributed by atoms with Crippen molar-refractivity contribution < 1.29 is 27.6 Å². The summed E-state index contributed by atoms with van der Waals surface area (Å²) in [7, 11) is -4.37. The Bertz CT molecular complexity index is 1920. The van der Waals surface area contributed by atoms with Gasteiger partial charge in [0.1, 0.15) is 0 Å². The maximum atomic E-state index is 11.4. The molecule has 0 aliphatic carbocycles. The van der Waals surface area contributed by atoms with Crippen molar-refractivity contribution in [3.63, 3.8) is 0 Å². The third-order valence-corrected chi connectivity index (χ3v) is 7.45. The number of hydrogen-bond donors (Lipinski definition) is 3. The number of aromatic amines is 1. The zero-order valence-corrected chi connectivity index (χ0v) is 23.3. The van der Waals surface area contributed by atoms with Crippen LogP contribution in [-0.2, 0) is 19.5 Å². The molecular formula is C24H21N9O6S2. The first-order chi connectivity index (χ1) is 19.6. The molecule has 0 aliphatic rings. The summed E-state index contributed by atoms with van der Waals surface area (Å²) in [6.07, 6.45) is 1.33. The van der Waals surface area contributed by atoms with Gasteiger partial charge in [-0.3, -0.25) is 9.65 Å². The molecule has 0 atom stereocenters. The van der Waals surface area contributed by atoms with Crippen LogP contribution < -0.4 is 0 Å². The first-order valence-corrected chi connectivity index (χ1v) is 14.0. The van der Waals surface area contributed by atoms with E-state index in [0.29, 0.717) is 27.7 Å². The summed E-state index contributed by atoms with van der Waals surface area (Å²) >= 11 is 0.848. The standard InChI is InChI=1S/C24H21N9O6S2/c1-13(2)20-21(24-30-28-22(33(24)31-20)18-10-7-16(11-14(18)3)40-39-38-34)27-29-23-19(25-4)12-26-32(23)15-5-8-17(9-6-15)41(35,36)37/h5-13,31,34H,1-3H3,(H,35,36,37). The Kier molecular flexibility index (Phi) is 7.68. The van der Waals surface area contributed by atoms with Crippen LogP contribution in [0.4, 0.5) is 17.2 Å². The lowest BCUT2D eigenvalue weighted by Crippen LogP contribution is -2.00. The van der Waals surface area contributed by atoms with E-state index in [1.165, 1.54) is 35.1 Å². The van der Waals surface area contributed by atoms with E-state index in [4.69, 9.17) is 11.8 Å². The van der Waals surface area contributed by atoms with Crippen LogP contribution in [0.2, 0.25) is 0 Å². The fraction of sp³-hybridized carbons (Fsp3) is 0.167. The van der Waals surface area contributed by atoms with Gasteiger partial charge in [0.15, 0.2) is 17.3 Å². The predicted molar refractivity (Wildman–Crippen MR) is 146 cm³/mol. The first-order valence-electron chi connectivity index (χ1n) is 11.8. The molecule has 5 aromatic rings. The van der Waals surface area contributed by atoms with E-state index in [9.17, 15) is 13.0 Å². The molecule has 210 valence electrons. The fourth-order valence-electron chi connectivity index (χ4n) is 4.06. The highest BCUT2D eigenvalue weighted by atomic mass is 32.2. The Labute approximate surface area is 237 Å². The lowest BCUT2D eigenvalue weighted by molar-refractivity contribution is -0.432. The zero-order chi connectivity index (χ0) is 29.3. The van der Waals surface area contributed by atoms with Crippen molar-refractivity contribution in [2.24, 2.45) is 10.2 Å². The fourth-order valence-corrected chi connectivity index (χ4v) is 5.00. The van der Waals surface area contributed by atoms with Gasteiger partial charge in [0, 0.05) is 10.5 Å². The molecule has 3 N–H and O–H groups in total. The molecule has 0 bridgehead atoms. The summed E-state index contributed by atoms with van der Waals surface area (Å²) in [5, 5.41) is 37.1. The third-order valence-electron chi connectivity index (χ3n) is 6.01. The van der Waals surface area contributed by atoms with Crippen molar-refractivity contribution in [3.8, 4) is 17.1 Å². The zero-order valence-electron chi connectivity index (χ0n) is 21.6. The van der Waals surface area contributed by atoms with E-state index in [1.54, 1.807) is 10.6 Å². The molecule has 0 amide bonds. The number of rotatable bonds is 9. The molecule has 3 aromatic heterocycles. The van der Waals surface area contributed by atoms with Crippen molar-refractivity contribution in [2.75, 3.05) is 0 Å². The van der Waals surface area contributed by atoms with Crippen LogP contribution in [0.1, 0.15) is 31.0 Å². The monoisotopic (exact) mass is 595 g/mol. The summed E-state index contributed by atoms with van der Waals surface area (Å²) in [5.41, 5.74) is 3.73. The average Bonchev–Trinajstić information content (AvgIpc) is 3.64. The molecule has 5 rings (SSSR count). The number of nitrogens with zero attached hydrogens (tertiary/aromatic N) is 8. The molecule has 0 unspecified atom stereocenters. The minimum Gasteiger partial charge on any atom is -0.292 e. The van der Waals surface area contributed by atoms with E-state index >= 15 is 0 Å².